The first kappa shape index (κ1) is 10.8. The van der Waals surface area contributed by atoms with Crippen LogP contribution < -0.4 is 4.74 Å². The minimum absolute atomic E-state index is 0.923. The van der Waals surface area contributed by atoms with Gasteiger partial charge in [-0.05, 0) is 22.6 Å². The number of rotatable bonds is 2. The molecule has 88 valence electrons. The number of methoxy groups -OCH3 is 1. The molecule has 18 heavy (non-hydrogen) atoms. The smallest absolute Gasteiger partial charge is 0.127 e. The van der Waals surface area contributed by atoms with Crippen LogP contribution >= 0.6 is 0 Å². The van der Waals surface area contributed by atoms with Gasteiger partial charge >= 0.3 is 0 Å². The minimum Gasteiger partial charge on any atom is -0.496 e. The number of hydrogen-bond acceptors (Lipinski definition) is 1. The molecular weight excluding hydrogens is 220 g/mol. The van der Waals surface area contributed by atoms with Crippen LogP contribution in [0.25, 0.3) is 21.9 Å². The lowest BCUT2D eigenvalue weighted by Crippen LogP contribution is -1.87. The van der Waals surface area contributed by atoms with Crippen molar-refractivity contribution in [3.63, 3.8) is 0 Å². The normalized spacial score (nSPS) is 10.5. The maximum Gasteiger partial charge on any atom is 0.127 e. The molecule has 0 spiro atoms. The van der Waals surface area contributed by atoms with Crippen molar-refractivity contribution in [2.75, 3.05) is 7.11 Å². The third kappa shape index (κ3) is 1.74. The fourth-order valence-corrected chi connectivity index (χ4v) is 2.33. The van der Waals surface area contributed by atoms with Gasteiger partial charge in [-0.3, -0.25) is 0 Å². The summed E-state index contributed by atoms with van der Waals surface area (Å²) >= 11 is 0. The summed E-state index contributed by atoms with van der Waals surface area (Å²) in [4.78, 5) is 0. The number of hydrogen-bond donors (Lipinski definition) is 0. The van der Waals surface area contributed by atoms with Gasteiger partial charge in [0.2, 0.25) is 0 Å². The van der Waals surface area contributed by atoms with E-state index in [0.29, 0.717) is 0 Å². The van der Waals surface area contributed by atoms with Crippen molar-refractivity contribution >= 4 is 10.8 Å². The number of fused-ring (bicyclic) bond motifs is 1. The van der Waals surface area contributed by atoms with Crippen molar-refractivity contribution in [3.8, 4) is 16.9 Å². The molecule has 3 rings (SSSR count). The number of benzene rings is 3. The first-order valence-corrected chi connectivity index (χ1v) is 6.01. The molecule has 0 fully saturated rings. The molecule has 0 heterocycles. The van der Waals surface area contributed by atoms with Crippen LogP contribution in [0.4, 0.5) is 0 Å². The van der Waals surface area contributed by atoms with Crippen LogP contribution in [0.3, 0.4) is 0 Å². The Hall–Kier alpha value is -2.28. The molecule has 0 unspecified atom stereocenters. The van der Waals surface area contributed by atoms with Gasteiger partial charge in [-0.1, -0.05) is 60.7 Å². The van der Waals surface area contributed by atoms with E-state index in [1.54, 1.807) is 7.11 Å². The molecule has 0 saturated heterocycles. The molecule has 0 radical (unpaired) electrons. The van der Waals surface area contributed by atoms with Crippen LogP contribution in [0.15, 0.2) is 66.7 Å². The highest BCUT2D eigenvalue weighted by Gasteiger charge is 2.07. The van der Waals surface area contributed by atoms with E-state index >= 15 is 0 Å². The lowest BCUT2D eigenvalue weighted by atomic mass is 9.98. The molecule has 0 atom stereocenters. The summed E-state index contributed by atoms with van der Waals surface area (Å²) in [6.07, 6.45) is 0. The standard InChI is InChI=1S/C17H14O/c1-18-16-12-6-10-14-9-5-11-15(17(14)16)13-7-3-2-4-8-13/h2-12H,1H3. The Morgan fingerprint density at radius 2 is 1.44 bits per heavy atom. The van der Waals surface area contributed by atoms with Crippen molar-refractivity contribution in [1.82, 2.24) is 0 Å². The van der Waals surface area contributed by atoms with E-state index in [0.717, 1.165) is 5.75 Å². The van der Waals surface area contributed by atoms with E-state index in [1.807, 2.05) is 18.2 Å². The summed E-state index contributed by atoms with van der Waals surface area (Å²) in [6, 6.07) is 22.9. The summed E-state index contributed by atoms with van der Waals surface area (Å²) < 4.78 is 5.49. The fraction of sp³-hybridized carbons (Fsp3) is 0.0588. The van der Waals surface area contributed by atoms with Crippen LogP contribution in [-0.4, -0.2) is 7.11 Å². The summed E-state index contributed by atoms with van der Waals surface area (Å²) in [5.41, 5.74) is 2.43. The Balaban J connectivity index is 2.36. The van der Waals surface area contributed by atoms with E-state index in [4.69, 9.17) is 4.74 Å². The van der Waals surface area contributed by atoms with Crippen molar-refractivity contribution < 1.29 is 4.74 Å². The molecule has 0 amide bonds. The second-order valence-corrected chi connectivity index (χ2v) is 4.23. The van der Waals surface area contributed by atoms with Crippen LogP contribution in [0, 0.1) is 0 Å². The molecule has 0 aromatic heterocycles. The average Bonchev–Trinajstić information content (AvgIpc) is 2.47. The third-order valence-electron chi connectivity index (χ3n) is 3.17. The van der Waals surface area contributed by atoms with Crippen molar-refractivity contribution in [2.45, 2.75) is 0 Å². The molecule has 3 aromatic rings. The summed E-state index contributed by atoms with van der Waals surface area (Å²) in [7, 11) is 1.72. The molecular formula is C17H14O. The van der Waals surface area contributed by atoms with Gasteiger partial charge in [-0.2, -0.15) is 0 Å². The highest BCUT2D eigenvalue weighted by molar-refractivity contribution is 6.00. The van der Waals surface area contributed by atoms with E-state index in [2.05, 4.69) is 48.5 Å². The van der Waals surface area contributed by atoms with Gasteiger partial charge in [0.05, 0.1) is 7.11 Å². The van der Waals surface area contributed by atoms with Gasteiger partial charge in [-0.15, -0.1) is 0 Å². The molecule has 0 saturated carbocycles. The molecule has 0 aliphatic rings. The van der Waals surface area contributed by atoms with Crippen LogP contribution in [0.5, 0.6) is 5.75 Å². The zero-order valence-corrected chi connectivity index (χ0v) is 10.3. The third-order valence-corrected chi connectivity index (χ3v) is 3.17. The summed E-state index contributed by atoms with van der Waals surface area (Å²) in [5, 5.41) is 2.38. The van der Waals surface area contributed by atoms with Gasteiger partial charge < -0.3 is 4.74 Å². The Labute approximate surface area is 107 Å². The van der Waals surface area contributed by atoms with E-state index in [-0.39, 0.29) is 0 Å². The highest BCUT2D eigenvalue weighted by atomic mass is 16.5. The maximum absolute atomic E-state index is 5.49. The van der Waals surface area contributed by atoms with Crippen LogP contribution in [0.1, 0.15) is 0 Å². The second-order valence-electron chi connectivity index (χ2n) is 4.23. The van der Waals surface area contributed by atoms with Gasteiger partial charge in [-0.25, -0.2) is 0 Å². The Morgan fingerprint density at radius 1 is 0.722 bits per heavy atom. The zero-order valence-electron chi connectivity index (χ0n) is 10.3. The largest absolute Gasteiger partial charge is 0.496 e. The lowest BCUT2D eigenvalue weighted by Gasteiger charge is -2.10. The maximum atomic E-state index is 5.49. The van der Waals surface area contributed by atoms with Gasteiger partial charge in [0.15, 0.2) is 0 Å². The minimum atomic E-state index is 0.923. The zero-order chi connectivity index (χ0) is 12.4. The van der Waals surface area contributed by atoms with Crippen LogP contribution in [0.2, 0.25) is 0 Å². The van der Waals surface area contributed by atoms with Gasteiger partial charge in [0.1, 0.15) is 5.75 Å². The van der Waals surface area contributed by atoms with Crippen molar-refractivity contribution in [1.29, 1.82) is 0 Å². The van der Waals surface area contributed by atoms with Crippen molar-refractivity contribution in [3.05, 3.63) is 66.7 Å². The first-order valence-electron chi connectivity index (χ1n) is 6.01. The summed E-state index contributed by atoms with van der Waals surface area (Å²) in [6.45, 7) is 0. The molecule has 1 nitrogen and oxygen atoms in total. The molecule has 0 N–H and O–H groups in total. The van der Waals surface area contributed by atoms with E-state index in [9.17, 15) is 0 Å². The predicted octanol–water partition coefficient (Wildman–Crippen LogP) is 4.52. The predicted molar refractivity (Wildman–Crippen MR) is 75.9 cm³/mol. The monoisotopic (exact) mass is 234 g/mol. The van der Waals surface area contributed by atoms with Gasteiger partial charge in [0.25, 0.3) is 0 Å². The van der Waals surface area contributed by atoms with Crippen molar-refractivity contribution in [2.24, 2.45) is 0 Å². The Bertz CT molecular complexity index is 666. The average molecular weight is 234 g/mol. The second kappa shape index (κ2) is 4.53. The Kier molecular flexibility index (Phi) is 2.73. The topological polar surface area (TPSA) is 9.23 Å². The molecule has 0 bridgehead atoms. The summed E-state index contributed by atoms with van der Waals surface area (Å²) in [5.74, 6) is 0.923. The molecule has 3 aromatic carbocycles. The first-order chi connectivity index (χ1) is 8.90. The fourth-order valence-electron chi connectivity index (χ4n) is 2.33. The van der Waals surface area contributed by atoms with E-state index in [1.165, 1.54) is 21.9 Å². The molecule has 0 aliphatic carbocycles. The quantitative estimate of drug-likeness (QED) is 0.633. The van der Waals surface area contributed by atoms with E-state index < -0.39 is 0 Å². The SMILES string of the molecule is COc1cccc2cccc(-c3ccccc3)c12. The van der Waals surface area contributed by atoms with Crippen LogP contribution in [-0.2, 0) is 0 Å². The Morgan fingerprint density at radius 3 is 2.17 bits per heavy atom. The van der Waals surface area contributed by atoms with Gasteiger partial charge in [0, 0.05) is 5.39 Å². The molecule has 1 heteroatoms. The molecule has 0 aliphatic heterocycles. The number of ether oxygens (including phenoxy) is 1. The lowest BCUT2D eigenvalue weighted by molar-refractivity contribution is 0.420. The highest BCUT2D eigenvalue weighted by Crippen LogP contribution is 2.34.